The van der Waals surface area contributed by atoms with Gasteiger partial charge in [0, 0.05) is 5.56 Å². The van der Waals surface area contributed by atoms with E-state index in [0.717, 1.165) is 45.2 Å². The van der Waals surface area contributed by atoms with Gasteiger partial charge in [-0.25, -0.2) is 0 Å². The molecule has 0 bridgehead atoms. The molecule has 0 aliphatic carbocycles. The Kier molecular flexibility index (Phi) is 6.14. The summed E-state index contributed by atoms with van der Waals surface area (Å²) in [4.78, 5) is 1.68. The van der Waals surface area contributed by atoms with Crippen LogP contribution in [0, 0.1) is 0 Å². The van der Waals surface area contributed by atoms with E-state index in [1.54, 1.807) is 4.90 Å². The first-order valence-electron chi connectivity index (χ1n) is 7.33. The van der Waals surface area contributed by atoms with Crippen LogP contribution in [-0.4, -0.2) is 46.0 Å². The van der Waals surface area contributed by atoms with Gasteiger partial charge in [0.25, 0.3) is 0 Å². The fraction of sp³-hybridized carbons (Fsp3) is 0.600. The molecule has 0 saturated carbocycles. The normalized spacial score (nSPS) is 16.5. The molecule has 19 heavy (non-hydrogen) atoms. The summed E-state index contributed by atoms with van der Waals surface area (Å²) in [5.74, 6) is 0.962. The lowest BCUT2D eigenvalue weighted by Gasteiger charge is -2.22. The third-order valence-electron chi connectivity index (χ3n) is 3.52. The van der Waals surface area contributed by atoms with E-state index >= 15 is 0 Å². The second kappa shape index (κ2) is 8.15. The van der Waals surface area contributed by atoms with Gasteiger partial charge in [-0.3, -0.25) is 0 Å². The number of hydrogen-bond acceptors (Lipinski definition) is 2. The van der Waals surface area contributed by atoms with E-state index in [0.29, 0.717) is 0 Å². The number of rotatable bonds is 7. The summed E-state index contributed by atoms with van der Waals surface area (Å²) < 4.78 is 10.8. The molecule has 3 N–H and O–H groups in total. The smallest absolute Gasteiger partial charge is 0.127 e. The van der Waals surface area contributed by atoms with Gasteiger partial charge in [0.1, 0.15) is 38.5 Å². The van der Waals surface area contributed by atoms with Gasteiger partial charge in [0.15, 0.2) is 0 Å². The Morgan fingerprint density at radius 2 is 1.95 bits per heavy atom. The average molecular weight is 266 g/mol. The van der Waals surface area contributed by atoms with Crippen LogP contribution in [0.5, 0.6) is 5.75 Å². The summed E-state index contributed by atoms with van der Waals surface area (Å²) in [6.45, 7) is 10.4. The van der Waals surface area contributed by atoms with Gasteiger partial charge in [0.05, 0.1) is 19.8 Å². The Morgan fingerprint density at radius 3 is 2.63 bits per heavy atom. The number of ether oxygens (including phenoxy) is 2. The highest BCUT2D eigenvalue weighted by molar-refractivity contribution is 5.26. The molecular weight excluding hydrogens is 240 g/mol. The summed E-state index contributed by atoms with van der Waals surface area (Å²) in [5, 5.41) is 2.39. The van der Waals surface area contributed by atoms with Crippen LogP contribution in [0.1, 0.15) is 12.5 Å². The highest BCUT2D eigenvalue weighted by Gasteiger charge is 2.13. The maximum Gasteiger partial charge on any atom is 0.127 e. The van der Waals surface area contributed by atoms with Gasteiger partial charge in [-0.05, 0) is 31.2 Å². The van der Waals surface area contributed by atoms with Crippen LogP contribution in [0.15, 0.2) is 24.3 Å². The molecule has 1 saturated heterocycles. The van der Waals surface area contributed by atoms with E-state index in [2.05, 4.69) is 29.6 Å². The predicted octanol–water partition coefficient (Wildman–Crippen LogP) is -0.936. The SMILES string of the molecule is CCOc1ccc(C[NH2+]CC[NH+]2CCOCC2)cc1. The van der Waals surface area contributed by atoms with Crippen molar-refractivity contribution in [2.75, 3.05) is 46.0 Å². The zero-order valence-electron chi connectivity index (χ0n) is 11.9. The summed E-state index contributed by atoms with van der Waals surface area (Å²) in [5.41, 5.74) is 1.36. The quantitative estimate of drug-likeness (QED) is 0.626. The number of morpholine rings is 1. The summed E-state index contributed by atoms with van der Waals surface area (Å²) >= 11 is 0. The lowest BCUT2D eigenvalue weighted by atomic mass is 10.2. The molecule has 1 heterocycles. The first-order valence-corrected chi connectivity index (χ1v) is 7.33. The molecule has 0 radical (unpaired) electrons. The lowest BCUT2D eigenvalue weighted by Crippen LogP contribution is -3.16. The van der Waals surface area contributed by atoms with Crippen LogP contribution in [0.3, 0.4) is 0 Å². The molecule has 1 fully saturated rings. The molecule has 1 aromatic carbocycles. The van der Waals surface area contributed by atoms with Crippen molar-refractivity contribution in [1.29, 1.82) is 0 Å². The molecule has 1 aliphatic rings. The molecular formula is C15H26N2O2+2. The first-order chi connectivity index (χ1) is 9.38. The first kappa shape index (κ1) is 14.3. The summed E-state index contributed by atoms with van der Waals surface area (Å²) in [6.07, 6.45) is 0. The molecule has 0 unspecified atom stereocenters. The molecule has 4 heteroatoms. The summed E-state index contributed by atoms with van der Waals surface area (Å²) in [6, 6.07) is 8.42. The zero-order valence-corrected chi connectivity index (χ0v) is 11.9. The lowest BCUT2D eigenvalue weighted by molar-refractivity contribution is -0.920. The van der Waals surface area contributed by atoms with Gasteiger partial charge >= 0.3 is 0 Å². The van der Waals surface area contributed by atoms with E-state index in [4.69, 9.17) is 9.47 Å². The maximum atomic E-state index is 5.44. The molecule has 1 aromatic rings. The number of quaternary nitrogens is 2. The maximum absolute atomic E-state index is 5.44. The Balaban J connectivity index is 1.62. The average Bonchev–Trinajstić information content (AvgIpc) is 2.47. The van der Waals surface area contributed by atoms with E-state index in [1.165, 1.54) is 18.7 Å². The second-order valence-electron chi connectivity index (χ2n) is 4.97. The minimum absolute atomic E-state index is 0.730. The predicted molar refractivity (Wildman–Crippen MR) is 74.5 cm³/mol. The van der Waals surface area contributed by atoms with Crippen molar-refractivity contribution in [3.8, 4) is 5.75 Å². The van der Waals surface area contributed by atoms with Crippen molar-refractivity contribution in [1.82, 2.24) is 0 Å². The molecule has 1 aliphatic heterocycles. The van der Waals surface area contributed by atoms with Crippen molar-refractivity contribution >= 4 is 0 Å². The number of benzene rings is 1. The Hall–Kier alpha value is -1.10. The van der Waals surface area contributed by atoms with Crippen LogP contribution in [0.4, 0.5) is 0 Å². The fourth-order valence-electron chi connectivity index (χ4n) is 2.37. The van der Waals surface area contributed by atoms with E-state index < -0.39 is 0 Å². The fourth-order valence-corrected chi connectivity index (χ4v) is 2.37. The van der Waals surface area contributed by atoms with Gasteiger partial charge < -0.3 is 19.7 Å². The van der Waals surface area contributed by atoms with Gasteiger partial charge in [-0.2, -0.15) is 0 Å². The van der Waals surface area contributed by atoms with Crippen LogP contribution in [0.25, 0.3) is 0 Å². The van der Waals surface area contributed by atoms with Crippen molar-refractivity contribution in [3.05, 3.63) is 29.8 Å². The van der Waals surface area contributed by atoms with E-state index in [1.807, 2.05) is 6.92 Å². The third kappa shape index (κ3) is 5.19. The highest BCUT2D eigenvalue weighted by atomic mass is 16.5. The molecule has 0 amide bonds. The van der Waals surface area contributed by atoms with Crippen LogP contribution < -0.4 is 15.0 Å². The molecule has 106 valence electrons. The third-order valence-corrected chi connectivity index (χ3v) is 3.52. The summed E-state index contributed by atoms with van der Waals surface area (Å²) in [7, 11) is 0. The molecule has 0 atom stereocenters. The highest BCUT2D eigenvalue weighted by Crippen LogP contribution is 2.10. The standard InChI is InChI=1S/C15H24N2O2/c1-2-19-15-5-3-14(4-6-15)13-16-7-8-17-9-11-18-12-10-17/h3-6,16H,2,7-13H2,1H3/p+2. The van der Waals surface area contributed by atoms with Crippen molar-refractivity contribution in [2.24, 2.45) is 0 Å². The van der Waals surface area contributed by atoms with E-state index in [-0.39, 0.29) is 0 Å². The van der Waals surface area contributed by atoms with Crippen molar-refractivity contribution in [2.45, 2.75) is 13.5 Å². The van der Waals surface area contributed by atoms with Crippen molar-refractivity contribution in [3.63, 3.8) is 0 Å². The van der Waals surface area contributed by atoms with Crippen LogP contribution in [0.2, 0.25) is 0 Å². The Bertz CT molecular complexity index is 348. The Morgan fingerprint density at radius 1 is 1.21 bits per heavy atom. The monoisotopic (exact) mass is 266 g/mol. The molecule has 4 nitrogen and oxygen atoms in total. The largest absolute Gasteiger partial charge is 0.494 e. The van der Waals surface area contributed by atoms with E-state index in [9.17, 15) is 0 Å². The van der Waals surface area contributed by atoms with Gasteiger partial charge in [0.2, 0.25) is 0 Å². The molecule has 0 aromatic heterocycles. The topological polar surface area (TPSA) is 39.5 Å². The molecule has 0 spiro atoms. The minimum atomic E-state index is 0.730. The van der Waals surface area contributed by atoms with Crippen molar-refractivity contribution < 1.29 is 19.7 Å². The number of nitrogens with two attached hydrogens (primary N) is 1. The Labute approximate surface area is 115 Å². The number of hydrogen-bond donors (Lipinski definition) is 2. The van der Waals surface area contributed by atoms with Crippen LogP contribution in [-0.2, 0) is 11.3 Å². The number of nitrogens with one attached hydrogen (secondary N) is 1. The van der Waals surface area contributed by atoms with Gasteiger partial charge in [-0.1, -0.05) is 0 Å². The van der Waals surface area contributed by atoms with Gasteiger partial charge in [-0.15, -0.1) is 0 Å². The molecule has 2 rings (SSSR count). The zero-order chi connectivity index (χ0) is 13.3. The second-order valence-corrected chi connectivity index (χ2v) is 4.97. The van der Waals surface area contributed by atoms with Crippen LogP contribution >= 0.6 is 0 Å². The minimum Gasteiger partial charge on any atom is -0.494 e.